The third-order valence-corrected chi connectivity index (χ3v) is 3.83. The molecular weight excluding hydrogens is 261 g/mol. The van der Waals surface area contributed by atoms with Crippen LogP contribution in [0, 0.1) is 12.7 Å². The van der Waals surface area contributed by atoms with E-state index in [0.717, 1.165) is 30.5 Å². The zero-order valence-electron chi connectivity index (χ0n) is 13.1. The first-order chi connectivity index (χ1) is 10.2. The average Bonchev–Trinajstić information content (AvgIpc) is 2.49. The summed E-state index contributed by atoms with van der Waals surface area (Å²) in [6.45, 7) is 7.24. The molecule has 0 aliphatic carbocycles. The second-order valence-corrected chi connectivity index (χ2v) is 5.49. The fourth-order valence-corrected chi connectivity index (χ4v) is 2.65. The van der Waals surface area contributed by atoms with Crippen LogP contribution in [0.25, 0.3) is 0 Å². The van der Waals surface area contributed by atoms with Gasteiger partial charge in [0.05, 0.1) is 6.04 Å². The summed E-state index contributed by atoms with van der Waals surface area (Å²) < 4.78 is 13.4. The topological polar surface area (TPSA) is 12.0 Å². The molecular formula is C19H24FN. The molecule has 2 heteroatoms. The van der Waals surface area contributed by atoms with E-state index >= 15 is 0 Å². The van der Waals surface area contributed by atoms with Gasteiger partial charge in [0, 0.05) is 0 Å². The van der Waals surface area contributed by atoms with Crippen molar-refractivity contribution < 1.29 is 4.39 Å². The van der Waals surface area contributed by atoms with E-state index in [1.165, 1.54) is 11.1 Å². The van der Waals surface area contributed by atoms with E-state index < -0.39 is 0 Å². The third kappa shape index (κ3) is 3.92. The molecule has 2 aromatic carbocycles. The fraction of sp³-hybridized carbons (Fsp3) is 0.368. The Morgan fingerprint density at radius 3 is 2.57 bits per heavy atom. The maximum absolute atomic E-state index is 13.4. The molecule has 1 unspecified atom stereocenters. The second kappa shape index (κ2) is 7.37. The minimum Gasteiger partial charge on any atom is -0.306 e. The highest BCUT2D eigenvalue weighted by Crippen LogP contribution is 2.26. The maximum atomic E-state index is 13.4. The van der Waals surface area contributed by atoms with Crippen molar-refractivity contribution in [2.24, 2.45) is 0 Å². The minimum atomic E-state index is -0.173. The highest BCUT2D eigenvalue weighted by molar-refractivity contribution is 5.38. The van der Waals surface area contributed by atoms with E-state index in [9.17, 15) is 4.39 Å². The summed E-state index contributed by atoms with van der Waals surface area (Å²) in [5, 5.41) is 3.59. The van der Waals surface area contributed by atoms with Crippen LogP contribution in [-0.2, 0) is 6.42 Å². The van der Waals surface area contributed by atoms with Crippen LogP contribution in [0.15, 0.2) is 42.5 Å². The van der Waals surface area contributed by atoms with E-state index in [0.29, 0.717) is 0 Å². The van der Waals surface area contributed by atoms with E-state index in [1.54, 1.807) is 12.1 Å². The molecule has 0 aliphatic heterocycles. The summed E-state index contributed by atoms with van der Waals surface area (Å²) in [6, 6.07) is 13.8. The molecule has 0 heterocycles. The van der Waals surface area contributed by atoms with Crippen LogP contribution in [0.2, 0.25) is 0 Å². The summed E-state index contributed by atoms with van der Waals surface area (Å²) >= 11 is 0. The van der Waals surface area contributed by atoms with Crippen LogP contribution in [-0.4, -0.2) is 6.54 Å². The lowest BCUT2D eigenvalue weighted by Crippen LogP contribution is -2.24. The van der Waals surface area contributed by atoms with Crippen molar-refractivity contribution in [3.05, 3.63) is 70.5 Å². The van der Waals surface area contributed by atoms with Crippen molar-refractivity contribution in [1.82, 2.24) is 5.32 Å². The number of hydrogen-bond acceptors (Lipinski definition) is 1. The van der Waals surface area contributed by atoms with Gasteiger partial charge >= 0.3 is 0 Å². The van der Waals surface area contributed by atoms with Crippen molar-refractivity contribution in [1.29, 1.82) is 0 Å². The van der Waals surface area contributed by atoms with Gasteiger partial charge in [-0.3, -0.25) is 0 Å². The largest absolute Gasteiger partial charge is 0.306 e. The lowest BCUT2D eigenvalue weighted by molar-refractivity contribution is 0.589. The number of benzene rings is 2. The summed E-state index contributed by atoms with van der Waals surface area (Å²) in [7, 11) is 0. The number of hydrogen-bond donors (Lipinski definition) is 1. The molecule has 0 saturated heterocycles. The molecule has 0 spiro atoms. The molecule has 21 heavy (non-hydrogen) atoms. The average molecular weight is 285 g/mol. The molecule has 1 atom stereocenters. The van der Waals surface area contributed by atoms with Crippen molar-refractivity contribution in [3.8, 4) is 0 Å². The highest BCUT2D eigenvalue weighted by atomic mass is 19.1. The molecule has 0 fully saturated rings. The molecule has 1 N–H and O–H groups in total. The maximum Gasteiger partial charge on any atom is 0.123 e. The molecule has 0 aromatic heterocycles. The van der Waals surface area contributed by atoms with E-state index in [-0.39, 0.29) is 11.9 Å². The SMILES string of the molecule is CCCNC(c1cccc(CC)c1)c1ccc(F)cc1C. The molecule has 0 radical (unpaired) electrons. The number of nitrogens with one attached hydrogen (secondary N) is 1. The van der Waals surface area contributed by atoms with Crippen LogP contribution in [0.4, 0.5) is 4.39 Å². The second-order valence-electron chi connectivity index (χ2n) is 5.49. The van der Waals surface area contributed by atoms with Gasteiger partial charge in [0.25, 0.3) is 0 Å². The van der Waals surface area contributed by atoms with Crippen LogP contribution in [0.3, 0.4) is 0 Å². The standard InChI is InChI=1S/C19H24FN/c1-4-11-21-19(16-8-6-7-15(5-2)13-16)18-10-9-17(20)12-14(18)3/h6-10,12-13,19,21H,4-5,11H2,1-3H3. The van der Waals surface area contributed by atoms with Gasteiger partial charge in [0.15, 0.2) is 0 Å². The van der Waals surface area contributed by atoms with Crippen LogP contribution < -0.4 is 5.32 Å². The molecule has 0 saturated carbocycles. The summed E-state index contributed by atoms with van der Waals surface area (Å²) in [6.07, 6.45) is 2.10. The first-order valence-corrected chi connectivity index (χ1v) is 7.74. The molecule has 0 bridgehead atoms. The molecule has 112 valence electrons. The van der Waals surface area contributed by atoms with Crippen LogP contribution >= 0.6 is 0 Å². The lowest BCUT2D eigenvalue weighted by atomic mass is 9.93. The van der Waals surface area contributed by atoms with Gasteiger partial charge in [-0.15, -0.1) is 0 Å². The molecule has 0 aliphatic rings. The first-order valence-electron chi connectivity index (χ1n) is 7.74. The van der Waals surface area contributed by atoms with Crippen molar-refractivity contribution in [3.63, 3.8) is 0 Å². The van der Waals surface area contributed by atoms with Crippen molar-refractivity contribution in [2.45, 2.75) is 39.7 Å². The number of rotatable bonds is 6. The Kier molecular flexibility index (Phi) is 5.51. The Morgan fingerprint density at radius 1 is 1.10 bits per heavy atom. The number of halogens is 1. The Labute approximate surface area is 127 Å². The van der Waals surface area contributed by atoms with E-state index in [4.69, 9.17) is 0 Å². The normalized spacial score (nSPS) is 12.4. The Hall–Kier alpha value is -1.67. The Balaban J connectivity index is 2.41. The van der Waals surface area contributed by atoms with Gasteiger partial charge in [-0.05, 0) is 60.7 Å². The van der Waals surface area contributed by atoms with Gasteiger partial charge in [0.2, 0.25) is 0 Å². The van der Waals surface area contributed by atoms with Crippen molar-refractivity contribution in [2.75, 3.05) is 6.54 Å². The quantitative estimate of drug-likeness (QED) is 0.805. The molecule has 1 nitrogen and oxygen atoms in total. The fourth-order valence-electron chi connectivity index (χ4n) is 2.65. The number of aryl methyl sites for hydroxylation is 2. The van der Waals surface area contributed by atoms with Gasteiger partial charge in [0.1, 0.15) is 5.82 Å². The zero-order chi connectivity index (χ0) is 15.2. The first kappa shape index (κ1) is 15.7. The Morgan fingerprint density at radius 2 is 1.90 bits per heavy atom. The van der Waals surface area contributed by atoms with Crippen molar-refractivity contribution >= 4 is 0 Å². The predicted molar refractivity (Wildman–Crippen MR) is 87.1 cm³/mol. The van der Waals surface area contributed by atoms with Gasteiger partial charge < -0.3 is 5.32 Å². The highest BCUT2D eigenvalue weighted by Gasteiger charge is 2.16. The summed E-state index contributed by atoms with van der Waals surface area (Å²) in [5.41, 5.74) is 4.72. The van der Waals surface area contributed by atoms with Gasteiger partial charge in [-0.2, -0.15) is 0 Å². The Bertz CT molecular complexity index is 592. The summed E-state index contributed by atoms with van der Waals surface area (Å²) in [4.78, 5) is 0. The van der Waals surface area contributed by atoms with Crippen LogP contribution in [0.5, 0.6) is 0 Å². The van der Waals surface area contributed by atoms with Crippen LogP contribution in [0.1, 0.15) is 48.6 Å². The molecule has 2 rings (SSSR count). The lowest BCUT2D eigenvalue weighted by Gasteiger charge is -2.22. The predicted octanol–water partition coefficient (Wildman–Crippen LogP) is 4.79. The van der Waals surface area contributed by atoms with E-state index in [2.05, 4.69) is 43.4 Å². The third-order valence-electron chi connectivity index (χ3n) is 3.83. The molecule has 0 amide bonds. The monoisotopic (exact) mass is 285 g/mol. The van der Waals surface area contributed by atoms with E-state index in [1.807, 2.05) is 13.0 Å². The van der Waals surface area contributed by atoms with Gasteiger partial charge in [-0.25, -0.2) is 4.39 Å². The summed E-state index contributed by atoms with van der Waals surface area (Å²) in [5.74, 6) is -0.173. The molecule has 2 aromatic rings. The smallest absolute Gasteiger partial charge is 0.123 e. The minimum absolute atomic E-state index is 0.122. The van der Waals surface area contributed by atoms with Gasteiger partial charge in [-0.1, -0.05) is 44.2 Å². The zero-order valence-corrected chi connectivity index (χ0v) is 13.1.